The van der Waals surface area contributed by atoms with Crippen LogP contribution in [0.1, 0.15) is 20.3 Å². The van der Waals surface area contributed by atoms with E-state index >= 15 is 0 Å². The average molecular weight is 355 g/mol. The van der Waals surface area contributed by atoms with Crippen molar-refractivity contribution in [3.63, 3.8) is 0 Å². The van der Waals surface area contributed by atoms with Crippen LogP contribution in [0.2, 0.25) is 0 Å². The number of hydrogen-bond donors (Lipinski definition) is 0. The minimum atomic E-state index is 0.102. The van der Waals surface area contributed by atoms with Gasteiger partial charge in [0, 0.05) is 0 Å². The first-order chi connectivity index (χ1) is 8.53. The molecule has 0 aromatic carbocycles. The molecule has 0 N–H and O–H groups in total. The quantitative estimate of drug-likeness (QED) is 0.411. The fourth-order valence-electron chi connectivity index (χ4n) is 2.17. The summed E-state index contributed by atoms with van der Waals surface area (Å²) in [5.41, 5.74) is 3.95. The fourth-order valence-corrected chi connectivity index (χ4v) is 2.53. The van der Waals surface area contributed by atoms with Gasteiger partial charge in [-0.05, 0) is 18.9 Å². The summed E-state index contributed by atoms with van der Waals surface area (Å²) in [6, 6.07) is 0. The van der Waals surface area contributed by atoms with Crippen molar-refractivity contribution in [2.75, 3.05) is 20.1 Å². The molecule has 0 fully saturated rings. The predicted molar refractivity (Wildman–Crippen MR) is 87.4 cm³/mol. The van der Waals surface area contributed by atoms with Crippen LogP contribution in [0, 0.1) is 0 Å². The lowest BCUT2D eigenvalue weighted by Gasteiger charge is -2.10. The van der Waals surface area contributed by atoms with Gasteiger partial charge in [-0.15, -0.1) is 0 Å². The summed E-state index contributed by atoms with van der Waals surface area (Å²) in [5.74, 6) is 0. The molecule has 0 saturated carbocycles. The summed E-state index contributed by atoms with van der Waals surface area (Å²) in [6.45, 7) is 6.34. The van der Waals surface area contributed by atoms with Crippen LogP contribution in [-0.2, 0) is 0 Å². The summed E-state index contributed by atoms with van der Waals surface area (Å²) in [4.78, 5) is 4.42. The van der Waals surface area contributed by atoms with Crippen molar-refractivity contribution in [3.05, 3.63) is 35.5 Å². The van der Waals surface area contributed by atoms with Crippen molar-refractivity contribution in [1.82, 2.24) is 0 Å². The topological polar surface area (TPSA) is 15.4 Å². The van der Waals surface area contributed by atoms with Crippen molar-refractivity contribution in [2.45, 2.75) is 23.7 Å². The van der Waals surface area contributed by atoms with Crippen LogP contribution >= 0.6 is 22.6 Å². The Morgan fingerprint density at radius 2 is 2.11 bits per heavy atom. The summed E-state index contributed by atoms with van der Waals surface area (Å²) >= 11 is 2.47. The first kappa shape index (κ1) is 13.7. The number of alkyl halides is 1. The number of halogens is 1. The molecule has 1 atom stereocenters. The molecule has 0 radical (unpaired) electrons. The smallest absolute Gasteiger partial charge is 0.225 e. The van der Waals surface area contributed by atoms with E-state index in [-0.39, 0.29) is 3.42 Å². The molecule has 2 rings (SSSR count). The van der Waals surface area contributed by atoms with E-state index in [9.17, 15) is 0 Å². The standard InChI is InChI=1S/C15H20IN2/c1-4-12-5-7-15(2,16)8-6-13(12)14-11-17-9-10-18(14)3/h5-8,11H,4,9-10H2,1-3H3/q+1. The minimum absolute atomic E-state index is 0.102. The summed E-state index contributed by atoms with van der Waals surface area (Å²) in [6.07, 6.45) is 12.1. The van der Waals surface area contributed by atoms with Crippen molar-refractivity contribution in [3.8, 4) is 0 Å². The van der Waals surface area contributed by atoms with Gasteiger partial charge in [-0.1, -0.05) is 53.8 Å². The molecule has 1 heterocycles. The Balaban J connectivity index is 2.50. The van der Waals surface area contributed by atoms with Crippen molar-refractivity contribution >= 4 is 34.5 Å². The highest BCUT2D eigenvalue weighted by Gasteiger charge is 2.22. The lowest BCUT2D eigenvalue weighted by molar-refractivity contribution is -0.493. The summed E-state index contributed by atoms with van der Waals surface area (Å²) in [7, 11) is 2.15. The van der Waals surface area contributed by atoms with Gasteiger partial charge < -0.3 is 0 Å². The van der Waals surface area contributed by atoms with Gasteiger partial charge in [0.2, 0.25) is 5.71 Å². The molecule has 0 amide bonds. The van der Waals surface area contributed by atoms with Crippen molar-refractivity contribution in [1.29, 1.82) is 0 Å². The van der Waals surface area contributed by atoms with E-state index < -0.39 is 0 Å². The van der Waals surface area contributed by atoms with E-state index in [0.29, 0.717) is 0 Å². The van der Waals surface area contributed by atoms with E-state index in [1.54, 1.807) is 0 Å². The Hall–Kier alpha value is -0.710. The highest BCUT2D eigenvalue weighted by atomic mass is 127. The number of aliphatic imine (C=N–C) groups is 1. The maximum atomic E-state index is 4.42. The molecule has 1 unspecified atom stereocenters. The van der Waals surface area contributed by atoms with Crippen LogP contribution in [0.15, 0.2) is 40.4 Å². The molecule has 1 aliphatic carbocycles. The molecule has 2 nitrogen and oxygen atoms in total. The zero-order chi connectivity index (χ0) is 13.2. The fraction of sp³-hybridized carbons (Fsp3) is 0.467. The third-order valence-electron chi connectivity index (χ3n) is 3.38. The summed E-state index contributed by atoms with van der Waals surface area (Å²) in [5, 5.41) is 0. The molecule has 0 saturated heterocycles. The van der Waals surface area contributed by atoms with Crippen LogP contribution in [-0.4, -0.2) is 40.1 Å². The highest BCUT2D eigenvalue weighted by Crippen LogP contribution is 2.28. The zero-order valence-corrected chi connectivity index (χ0v) is 13.4. The van der Waals surface area contributed by atoms with Crippen molar-refractivity contribution < 1.29 is 4.58 Å². The number of hydrogen-bond acceptors (Lipinski definition) is 1. The van der Waals surface area contributed by atoms with Crippen molar-refractivity contribution in [2.24, 2.45) is 4.99 Å². The Bertz CT molecular complexity index is 491. The van der Waals surface area contributed by atoms with Crippen LogP contribution in [0.3, 0.4) is 0 Å². The van der Waals surface area contributed by atoms with Gasteiger partial charge in [0.1, 0.15) is 7.05 Å². The van der Waals surface area contributed by atoms with Gasteiger partial charge in [0.25, 0.3) is 0 Å². The Morgan fingerprint density at radius 1 is 1.39 bits per heavy atom. The number of nitrogens with zero attached hydrogens (tertiary/aromatic N) is 2. The molecule has 0 aromatic rings. The largest absolute Gasteiger partial charge is 0.280 e. The third-order valence-corrected chi connectivity index (χ3v) is 4.10. The normalized spacial score (nSPS) is 28.0. The monoisotopic (exact) mass is 355 g/mol. The van der Waals surface area contributed by atoms with Gasteiger partial charge >= 0.3 is 0 Å². The minimum Gasteiger partial charge on any atom is -0.280 e. The Morgan fingerprint density at radius 3 is 2.78 bits per heavy atom. The van der Waals surface area contributed by atoms with Crippen LogP contribution in [0.5, 0.6) is 0 Å². The first-order valence-electron chi connectivity index (χ1n) is 6.42. The van der Waals surface area contributed by atoms with E-state index in [4.69, 9.17) is 0 Å². The molecule has 2 aliphatic rings. The molecular weight excluding hydrogens is 335 g/mol. The third kappa shape index (κ3) is 2.99. The second kappa shape index (κ2) is 5.51. The highest BCUT2D eigenvalue weighted by molar-refractivity contribution is 14.1. The number of allylic oxidation sites excluding steroid dienone is 6. The Kier molecular flexibility index (Phi) is 4.20. The number of likely N-dealkylation sites (N-methyl/N-ethyl adjacent to an activating group) is 1. The molecular formula is C15H20IN2+. The van der Waals surface area contributed by atoms with Gasteiger partial charge in [0.15, 0.2) is 6.54 Å². The second-order valence-electron chi connectivity index (χ2n) is 4.95. The van der Waals surface area contributed by atoms with Gasteiger partial charge in [-0.3, -0.25) is 4.99 Å². The maximum Gasteiger partial charge on any atom is 0.225 e. The summed E-state index contributed by atoms with van der Waals surface area (Å²) < 4.78 is 2.40. The lowest BCUT2D eigenvalue weighted by Crippen LogP contribution is -2.27. The molecule has 0 bridgehead atoms. The Labute approximate surface area is 123 Å². The van der Waals surface area contributed by atoms with Crippen LogP contribution < -0.4 is 0 Å². The van der Waals surface area contributed by atoms with E-state index in [1.807, 2.05) is 6.21 Å². The van der Waals surface area contributed by atoms with E-state index in [2.05, 4.69) is 77.4 Å². The SMILES string of the molecule is CCC1=C(C2=[N+](C)CCN=C2)C=CC(C)(I)C=C1. The van der Waals surface area contributed by atoms with Gasteiger partial charge in [-0.25, -0.2) is 4.58 Å². The average Bonchev–Trinajstić information content (AvgIpc) is 2.49. The molecule has 18 heavy (non-hydrogen) atoms. The van der Waals surface area contributed by atoms with Gasteiger partial charge in [0.05, 0.1) is 21.8 Å². The molecule has 0 aromatic heterocycles. The molecule has 96 valence electrons. The van der Waals surface area contributed by atoms with E-state index in [0.717, 1.165) is 19.5 Å². The molecule has 3 heteroatoms. The van der Waals surface area contributed by atoms with Crippen LogP contribution in [0.25, 0.3) is 0 Å². The molecule has 0 spiro atoms. The zero-order valence-electron chi connectivity index (χ0n) is 11.3. The maximum absolute atomic E-state index is 4.42. The second-order valence-corrected chi connectivity index (χ2v) is 7.28. The lowest BCUT2D eigenvalue weighted by atomic mass is 10.0. The van der Waals surface area contributed by atoms with Gasteiger partial charge in [-0.2, -0.15) is 0 Å². The van der Waals surface area contributed by atoms with E-state index in [1.165, 1.54) is 16.9 Å². The first-order valence-corrected chi connectivity index (χ1v) is 7.50. The predicted octanol–water partition coefficient (Wildman–Crippen LogP) is 3.18. The number of rotatable bonds is 2. The van der Waals surface area contributed by atoms with Crippen LogP contribution in [0.4, 0.5) is 0 Å². The molecule has 1 aliphatic heterocycles.